The lowest BCUT2D eigenvalue weighted by Gasteiger charge is -2.07. The summed E-state index contributed by atoms with van der Waals surface area (Å²) in [5.74, 6) is -1.18. The van der Waals surface area contributed by atoms with Crippen molar-refractivity contribution in [3.8, 4) is 0 Å². The number of aromatic nitrogens is 4. The third-order valence-corrected chi connectivity index (χ3v) is 3.79. The molecule has 0 fully saturated rings. The molecule has 0 aliphatic carbocycles. The number of hydrogen-bond donors (Lipinski definition) is 1. The predicted molar refractivity (Wildman–Crippen MR) is 96.6 cm³/mol. The summed E-state index contributed by atoms with van der Waals surface area (Å²) >= 11 is 0. The van der Waals surface area contributed by atoms with E-state index in [1.807, 2.05) is 0 Å². The number of nitrogens with zero attached hydrogens (tertiary/aromatic N) is 5. The zero-order valence-electron chi connectivity index (χ0n) is 14.8. The third-order valence-electron chi connectivity index (χ3n) is 3.79. The van der Waals surface area contributed by atoms with Crippen molar-refractivity contribution in [3.05, 3.63) is 70.2 Å². The maximum absolute atomic E-state index is 12.1. The highest BCUT2D eigenvalue weighted by Gasteiger charge is 2.15. The van der Waals surface area contributed by atoms with Crippen molar-refractivity contribution >= 4 is 23.4 Å². The van der Waals surface area contributed by atoms with E-state index in [9.17, 15) is 19.7 Å². The maximum Gasteiger partial charge on any atom is 0.389 e. The Bertz CT molecular complexity index is 1020. The second-order valence-electron chi connectivity index (χ2n) is 5.75. The van der Waals surface area contributed by atoms with Gasteiger partial charge in [0.25, 0.3) is 0 Å². The van der Waals surface area contributed by atoms with E-state index in [4.69, 9.17) is 4.74 Å². The number of amides is 1. The van der Waals surface area contributed by atoms with Gasteiger partial charge in [-0.05, 0) is 16.6 Å². The molecule has 2 heterocycles. The average Bonchev–Trinajstić information content (AvgIpc) is 3.31. The van der Waals surface area contributed by atoms with Crippen LogP contribution in [0.1, 0.15) is 15.9 Å². The highest BCUT2D eigenvalue weighted by atomic mass is 16.6. The van der Waals surface area contributed by atoms with E-state index in [2.05, 4.69) is 15.5 Å². The monoisotopic (exact) mass is 384 g/mol. The Kier molecular flexibility index (Phi) is 5.44. The van der Waals surface area contributed by atoms with Crippen LogP contribution in [0.5, 0.6) is 0 Å². The van der Waals surface area contributed by atoms with Crippen molar-refractivity contribution < 1.29 is 19.2 Å². The van der Waals surface area contributed by atoms with Gasteiger partial charge >= 0.3 is 11.8 Å². The molecule has 0 aliphatic rings. The molecule has 11 nitrogen and oxygen atoms in total. The molecule has 144 valence electrons. The summed E-state index contributed by atoms with van der Waals surface area (Å²) in [6.07, 6.45) is 4.42. The lowest BCUT2D eigenvalue weighted by atomic mass is 10.1. The van der Waals surface area contributed by atoms with E-state index in [1.54, 1.807) is 35.1 Å². The molecule has 0 atom stereocenters. The van der Waals surface area contributed by atoms with E-state index in [1.165, 1.54) is 30.3 Å². The molecule has 0 aliphatic heterocycles. The normalized spacial score (nSPS) is 10.5. The molecular formula is C17H16N6O5. The number of rotatable bonds is 7. The van der Waals surface area contributed by atoms with Crippen LogP contribution in [-0.4, -0.2) is 43.5 Å². The van der Waals surface area contributed by atoms with E-state index in [0.717, 1.165) is 5.56 Å². The molecule has 3 rings (SSSR count). The fourth-order valence-electron chi connectivity index (χ4n) is 2.54. The van der Waals surface area contributed by atoms with Gasteiger partial charge in [0.2, 0.25) is 5.91 Å². The van der Waals surface area contributed by atoms with Gasteiger partial charge in [0, 0.05) is 6.20 Å². The number of carbonyl (C=O) groups is 2. The minimum Gasteiger partial charge on any atom is -0.465 e. The Labute approximate surface area is 158 Å². The van der Waals surface area contributed by atoms with Crippen LogP contribution < -0.4 is 5.32 Å². The lowest BCUT2D eigenvalue weighted by molar-refractivity contribution is -0.389. The van der Waals surface area contributed by atoms with Crippen LogP contribution in [0.3, 0.4) is 0 Å². The first kappa shape index (κ1) is 18.8. The number of methoxy groups -OCH3 is 1. The van der Waals surface area contributed by atoms with Gasteiger partial charge in [0.1, 0.15) is 6.54 Å². The van der Waals surface area contributed by atoms with Crippen molar-refractivity contribution in [2.24, 2.45) is 0 Å². The number of anilines is 1. The average molecular weight is 384 g/mol. The van der Waals surface area contributed by atoms with Gasteiger partial charge in [-0.3, -0.25) is 9.48 Å². The van der Waals surface area contributed by atoms with Crippen molar-refractivity contribution in [2.75, 3.05) is 12.4 Å². The number of carbonyl (C=O) groups excluding carboxylic acids is 2. The summed E-state index contributed by atoms with van der Waals surface area (Å²) in [6.45, 7) is 0.136. The summed E-state index contributed by atoms with van der Waals surface area (Å²) in [7, 11) is 1.31. The smallest absolute Gasteiger partial charge is 0.389 e. The molecular weight excluding hydrogens is 368 g/mol. The molecule has 1 N–H and O–H groups in total. The van der Waals surface area contributed by atoms with Crippen LogP contribution in [-0.2, 0) is 22.6 Å². The lowest BCUT2D eigenvalue weighted by Crippen LogP contribution is -2.18. The van der Waals surface area contributed by atoms with Crippen molar-refractivity contribution in [1.29, 1.82) is 0 Å². The van der Waals surface area contributed by atoms with Gasteiger partial charge < -0.3 is 20.2 Å². The predicted octanol–water partition coefficient (Wildman–Crippen LogP) is 1.46. The van der Waals surface area contributed by atoms with E-state index < -0.39 is 16.8 Å². The van der Waals surface area contributed by atoms with E-state index >= 15 is 0 Å². The number of ether oxygens (including phenoxy) is 1. The molecule has 11 heteroatoms. The largest absolute Gasteiger partial charge is 0.465 e. The fraction of sp³-hybridized carbons (Fsp3) is 0.176. The second-order valence-corrected chi connectivity index (χ2v) is 5.75. The summed E-state index contributed by atoms with van der Waals surface area (Å²) in [5, 5.41) is 21.1. The van der Waals surface area contributed by atoms with Crippen molar-refractivity contribution in [1.82, 2.24) is 19.6 Å². The number of nitrogens with one attached hydrogen (secondary N) is 1. The number of hydrogen-bond acceptors (Lipinski definition) is 7. The van der Waals surface area contributed by atoms with Crippen LogP contribution in [0.15, 0.2) is 48.9 Å². The Morgan fingerprint density at radius 1 is 1.25 bits per heavy atom. The minimum absolute atomic E-state index is 0.176. The minimum atomic E-state index is -0.634. The molecule has 0 unspecified atom stereocenters. The molecule has 0 spiro atoms. The van der Waals surface area contributed by atoms with Gasteiger partial charge in [-0.25, -0.2) is 4.79 Å². The number of nitro groups is 1. The zero-order valence-corrected chi connectivity index (χ0v) is 14.8. The topological polar surface area (TPSA) is 134 Å². The van der Waals surface area contributed by atoms with Gasteiger partial charge in [-0.1, -0.05) is 18.2 Å². The summed E-state index contributed by atoms with van der Waals surface area (Å²) in [6, 6.07) is 8.21. The molecule has 0 saturated carbocycles. The second kappa shape index (κ2) is 8.12. The highest BCUT2D eigenvalue weighted by Crippen LogP contribution is 2.14. The van der Waals surface area contributed by atoms with Gasteiger partial charge in [-0.15, -0.1) is 0 Å². The van der Waals surface area contributed by atoms with Gasteiger partial charge in [0.15, 0.2) is 0 Å². The number of esters is 1. The first-order chi connectivity index (χ1) is 13.5. The molecule has 0 bridgehead atoms. The molecule has 1 aromatic carbocycles. The van der Waals surface area contributed by atoms with Gasteiger partial charge in [0.05, 0.1) is 48.5 Å². The fourth-order valence-corrected chi connectivity index (χ4v) is 2.54. The molecule has 3 aromatic rings. The van der Waals surface area contributed by atoms with Crippen molar-refractivity contribution in [3.63, 3.8) is 0 Å². The van der Waals surface area contributed by atoms with Crippen LogP contribution in [0, 0.1) is 10.1 Å². The van der Waals surface area contributed by atoms with Crippen LogP contribution in [0.25, 0.3) is 0 Å². The first-order valence-corrected chi connectivity index (χ1v) is 8.12. The van der Waals surface area contributed by atoms with Gasteiger partial charge in [-0.2, -0.15) is 9.78 Å². The summed E-state index contributed by atoms with van der Waals surface area (Å²) in [5.41, 5.74) is 1.60. The summed E-state index contributed by atoms with van der Waals surface area (Å²) < 4.78 is 7.51. The number of benzene rings is 1. The molecule has 2 aromatic heterocycles. The Morgan fingerprint density at radius 2 is 2.04 bits per heavy atom. The zero-order chi connectivity index (χ0) is 20.1. The highest BCUT2D eigenvalue weighted by molar-refractivity contribution is 5.91. The van der Waals surface area contributed by atoms with Crippen LogP contribution >= 0.6 is 0 Å². The van der Waals surface area contributed by atoms with Crippen molar-refractivity contribution in [2.45, 2.75) is 13.1 Å². The first-order valence-electron chi connectivity index (χ1n) is 8.12. The Hall–Kier alpha value is -4.02. The van der Waals surface area contributed by atoms with Crippen LogP contribution in [0.4, 0.5) is 11.5 Å². The standard InChI is InChI=1S/C17H16N6O5/c1-28-17(25)14-5-3-2-4-12(14)9-22-10-13(8-18-22)19-16(24)11-21-7-6-15(20-21)23(26)27/h2-8,10H,9,11H2,1H3,(H,19,24). The Balaban J connectivity index is 1.63. The molecule has 0 saturated heterocycles. The Morgan fingerprint density at radius 3 is 2.75 bits per heavy atom. The maximum atomic E-state index is 12.1. The SMILES string of the molecule is COC(=O)c1ccccc1Cn1cc(NC(=O)Cn2ccc([N+](=O)[O-])n2)cn1. The third kappa shape index (κ3) is 4.38. The van der Waals surface area contributed by atoms with E-state index in [0.29, 0.717) is 17.8 Å². The quantitative estimate of drug-likeness (QED) is 0.370. The molecule has 28 heavy (non-hydrogen) atoms. The molecule has 0 radical (unpaired) electrons. The van der Waals surface area contributed by atoms with E-state index in [-0.39, 0.29) is 12.4 Å². The molecule has 1 amide bonds. The summed E-state index contributed by atoms with van der Waals surface area (Å²) in [4.78, 5) is 33.9. The van der Waals surface area contributed by atoms with Crippen LogP contribution in [0.2, 0.25) is 0 Å².